The first-order chi connectivity index (χ1) is 13.3. The van der Waals surface area contributed by atoms with Crippen LogP contribution in [-0.2, 0) is 18.3 Å². The van der Waals surface area contributed by atoms with E-state index in [0.717, 1.165) is 29.0 Å². The average Bonchev–Trinajstić information content (AvgIpc) is 2.97. The van der Waals surface area contributed by atoms with Crippen LogP contribution in [0.4, 0.5) is 0 Å². The number of carbonyl (C=O) groups excluding carboxylic acids is 2. The van der Waals surface area contributed by atoms with Crippen LogP contribution in [0.5, 0.6) is 0 Å². The number of fused-ring (bicyclic) bond motifs is 1. The Labute approximate surface area is 162 Å². The Bertz CT molecular complexity index is 1120. The third-order valence-electron chi connectivity index (χ3n) is 4.81. The highest BCUT2D eigenvalue weighted by atomic mass is 16.5. The molecule has 3 aromatic rings. The van der Waals surface area contributed by atoms with Gasteiger partial charge in [0.25, 0.3) is 5.56 Å². The normalized spacial score (nSPS) is 11.0. The van der Waals surface area contributed by atoms with Gasteiger partial charge in [-0.2, -0.15) is 5.10 Å². The Morgan fingerprint density at radius 3 is 2.50 bits per heavy atom. The summed E-state index contributed by atoms with van der Waals surface area (Å²) in [4.78, 5) is 37.3. The summed E-state index contributed by atoms with van der Waals surface area (Å²) in [6.07, 6.45) is 0.963. The Hall–Kier alpha value is -3.22. The molecule has 0 aliphatic carbocycles. The van der Waals surface area contributed by atoms with Crippen molar-refractivity contribution in [3.8, 4) is 0 Å². The molecule has 0 radical (unpaired) electrons. The molecule has 1 aromatic carbocycles. The quantitative estimate of drug-likeness (QED) is 0.484. The number of benzene rings is 1. The molecule has 3 rings (SSSR count). The Morgan fingerprint density at radius 2 is 1.82 bits per heavy atom. The third-order valence-corrected chi connectivity index (χ3v) is 4.81. The van der Waals surface area contributed by atoms with Gasteiger partial charge in [0.15, 0.2) is 12.3 Å². The lowest BCUT2D eigenvalue weighted by Crippen LogP contribution is -2.24. The van der Waals surface area contributed by atoms with Gasteiger partial charge in [-0.15, -0.1) is 0 Å². The molecule has 7 heteroatoms. The molecule has 0 aliphatic rings. The molecule has 0 saturated carbocycles. The molecule has 0 saturated heterocycles. The second-order valence-corrected chi connectivity index (χ2v) is 6.76. The molecule has 0 spiro atoms. The van der Waals surface area contributed by atoms with Gasteiger partial charge >= 0.3 is 5.97 Å². The number of Topliss-reactive ketones (excluding diaryl/α,β-unsaturated/α-hetero) is 1. The van der Waals surface area contributed by atoms with E-state index in [1.165, 1.54) is 7.05 Å². The fourth-order valence-electron chi connectivity index (χ4n) is 3.38. The van der Waals surface area contributed by atoms with Crippen molar-refractivity contribution < 1.29 is 14.3 Å². The number of aromatic nitrogens is 3. The van der Waals surface area contributed by atoms with Crippen molar-refractivity contribution in [2.75, 3.05) is 6.61 Å². The summed E-state index contributed by atoms with van der Waals surface area (Å²) in [6.45, 7) is 6.37. The van der Waals surface area contributed by atoms with E-state index < -0.39 is 5.97 Å². The summed E-state index contributed by atoms with van der Waals surface area (Å²) in [5.41, 5.74) is 2.14. The first-order valence-corrected chi connectivity index (χ1v) is 9.18. The second kappa shape index (κ2) is 7.80. The Kier molecular flexibility index (Phi) is 5.44. The molecule has 28 heavy (non-hydrogen) atoms. The van der Waals surface area contributed by atoms with E-state index in [1.54, 1.807) is 24.3 Å². The van der Waals surface area contributed by atoms with Gasteiger partial charge in [0, 0.05) is 35.9 Å². The number of aryl methyl sites for hydroxylation is 2. The summed E-state index contributed by atoms with van der Waals surface area (Å²) in [7, 11) is 1.47. The van der Waals surface area contributed by atoms with Crippen LogP contribution in [0.15, 0.2) is 35.1 Å². The number of hydrogen-bond acceptors (Lipinski definition) is 5. The molecular formula is C21H23N3O4. The predicted molar refractivity (Wildman–Crippen MR) is 106 cm³/mol. The summed E-state index contributed by atoms with van der Waals surface area (Å²) in [5.74, 6) is -1.000. The largest absolute Gasteiger partial charge is 0.452 e. The number of nitrogens with zero attached hydrogens (tertiary/aromatic N) is 3. The zero-order chi connectivity index (χ0) is 20.4. The van der Waals surface area contributed by atoms with E-state index in [4.69, 9.17) is 4.74 Å². The molecular weight excluding hydrogens is 358 g/mol. The van der Waals surface area contributed by atoms with Crippen LogP contribution in [0, 0.1) is 13.8 Å². The Balaban J connectivity index is 1.83. The fourth-order valence-corrected chi connectivity index (χ4v) is 3.38. The van der Waals surface area contributed by atoms with E-state index in [0.29, 0.717) is 16.3 Å². The van der Waals surface area contributed by atoms with Gasteiger partial charge in [0.05, 0.1) is 5.39 Å². The molecule has 0 atom stereocenters. The zero-order valence-corrected chi connectivity index (χ0v) is 16.5. The number of ether oxygens (including phenoxy) is 1. The minimum Gasteiger partial charge on any atom is -0.452 e. The van der Waals surface area contributed by atoms with Crippen molar-refractivity contribution in [1.29, 1.82) is 0 Å². The standard InChI is InChI=1S/C21H23N3O4/c1-5-10-24-13(2)11-17(14(24)3)18(25)12-28-21(27)19-15-8-6-7-9-16(15)20(26)23(4)22-19/h6-9,11H,5,10,12H2,1-4H3. The van der Waals surface area contributed by atoms with E-state index >= 15 is 0 Å². The van der Waals surface area contributed by atoms with Gasteiger partial charge in [-0.25, -0.2) is 9.48 Å². The van der Waals surface area contributed by atoms with Crippen LogP contribution in [0.3, 0.4) is 0 Å². The predicted octanol–water partition coefficient (Wildman–Crippen LogP) is 2.80. The third kappa shape index (κ3) is 3.47. The number of ketones is 1. The summed E-state index contributed by atoms with van der Waals surface area (Å²) in [6, 6.07) is 8.52. The number of hydrogen-bond donors (Lipinski definition) is 0. The molecule has 0 N–H and O–H groups in total. The maximum Gasteiger partial charge on any atom is 0.359 e. The molecule has 2 aromatic heterocycles. The van der Waals surface area contributed by atoms with Gasteiger partial charge in [0.1, 0.15) is 0 Å². The van der Waals surface area contributed by atoms with Crippen molar-refractivity contribution in [2.24, 2.45) is 7.05 Å². The van der Waals surface area contributed by atoms with Crippen LogP contribution < -0.4 is 5.56 Å². The molecule has 7 nitrogen and oxygen atoms in total. The lowest BCUT2D eigenvalue weighted by atomic mass is 10.1. The van der Waals surface area contributed by atoms with Gasteiger partial charge < -0.3 is 9.30 Å². The van der Waals surface area contributed by atoms with E-state index in [1.807, 2.05) is 19.9 Å². The lowest BCUT2D eigenvalue weighted by Gasteiger charge is -2.09. The van der Waals surface area contributed by atoms with E-state index in [-0.39, 0.29) is 23.6 Å². The first kappa shape index (κ1) is 19.5. The summed E-state index contributed by atoms with van der Waals surface area (Å²) >= 11 is 0. The molecule has 0 aliphatic heterocycles. The molecule has 0 amide bonds. The minimum atomic E-state index is -0.734. The van der Waals surface area contributed by atoms with Gasteiger partial charge in [-0.1, -0.05) is 25.1 Å². The highest BCUT2D eigenvalue weighted by Crippen LogP contribution is 2.18. The van der Waals surface area contributed by atoms with Crippen LogP contribution in [0.25, 0.3) is 10.8 Å². The maximum absolute atomic E-state index is 12.6. The van der Waals surface area contributed by atoms with Gasteiger partial charge in [0.2, 0.25) is 5.78 Å². The van der Waals surface area contributed by atoms with Crippen LogP contribution in [-0.4, -0.2) is 32.7 Å². The second-order valence-electron chi connectivity index (χ2n) is 6.76. The van der Waals surface area contributed by atoms with Gasteiger partial charge in [-0.3, -0.25) is 9.59 Å². The molecule has 146 valence electrons. The van der Waals surface area contributed by atoms with Crippen molar-refractivity contribution in [3.05, 3.63) is 63.3 Å². The minimum absolute atomic E-state index is 0.0157. The zero-order valence-electron chi connectivity index (χ0n) is 16.5. The molecule has 0 fully saturated rings. The molecule has 0 unspecified atom stereocenters. The highest BCUT2D eigenvalue weighted by Gasteiger charge is 2.20. The van der Waals surface area contributed by atoms with Crippen molar-refractivity contribution >= 4 is 22.5 Å². The fraction of sp³-hybridized carbons (Fsp3) is 0.333. The van der Waals surface area contributed by atoms with Crippen LogP contribution in [0.2, 0.25) is 0 Å². The number of rotatable bonds is 6. The first-order valence-electron chi connectivity index (χ1n) is 9.18. The Morgan fingerprint density at radius 1 is 1.14 bits per heavy atom. The number of carbonyl (C=O) groups is 2. The summed E-state index contributed by atoms with van der Waals surface area (Å²) < 4.78 is 8.41. The van der Waals surface area contributed by atoms with Crippen LogP contribution >= 0.6 is 0 Å². The van der Waals surface area contributed by atoms with Crippen LogP contribution in [0.1, 0.15) is 45.6 Å². The maximum atomic E-state index is 12.6. The summed E-state index contributed by atoms with van der Waals surface area (Å²) in [5, 5.41) is 4.81. The molecule has 2 heterocycles. The van der Waals surface area contributed by atoms with E-state index in [9.17, 15) is 14.4 Å². The van der Waals surface area contributed by atoms with Gasteiger partial charge in [-0.05, 0) is 32.4 Å². The van der Waals surface area contributed by atoms with Crippen molar-refractivity contribution in [1.82, 2.24) is 14.3 Å². The van der Waals surface area contributed by atoms with Crippen molar-refractivity contribution in [3.63, 3.8) is 0 Å². The highest BCUT2D eigenvalue weighted by molar-refractivity contribution is 6.04. The SMILES string of the molecule is CCCn1c(C)cc(C(=O)COC(=O)c2nn(C)c(=O)c3ccccc23)c1C. The smallest absolute Gasteiger partial charge is 0.359 e. The topological polar surface area (TPSA) is 83.2 Å². The van der Waals surface area contributed by atoms with Crippen molar-refractivity contribution in [2.45, 2.75) is 33.7 Å². The van der Waals surface area contributed by atoms with E-state index in [2.05, 4.69) is 16.6 Å². The number of esters is 1. The lowest BCUT2D eigenvalue weighted by molar-refractivity contribution is 0.0468. The average molecular weight is 381 g/mol. The molecule has 0 bridgehead atoms. The monoisotopic (exact) mass is 381 g/mol.